The SMILES string of the molecule is Brc1c(NC2N=CC=N2)ccc2nccnc12. The van der Waals surface area contributed by atoms with Gasteiger partial charge in [0, 0.05) is 24.8 Å². The van der Waals surface area contributed by atoms with Crippen LogP contribution in [0.15, 0.2) is 39.0 Å². The minimum absolute atomic E-state index is 0.250. The number of nitrogens with one attached hydrogen (secondary N) is 1. The number of anilines is 1. The largest absolute Gasteiger partial charge is 0.344 e. The lowest BCUT2D eigenvalue weighted by atomic mass is 10.2. The molecule has 1 aromatic heterocycles. The van der Waals surface area contributed by atoms with E-state index in [1.807, 2.05) is 12.1 Å². The van der Waals surface area contributed by atoms with E-state index >= 15 is 0 Å². The number of nitrogens with zero attached hydrogens (tertiary/aromatic N) is 4. The number of rotatable bonds is 2. The van der Waals surface area contributed by atoms with Gasteiger partial charge >= 0.3 is 0 Å². The summed E-state index contributed by atoms with van der Waals surface area (Å²) in [6.45, 7) is 0. The van der Waals surface area contributed by atoms with Crippen LogP contribution in [0.3, 0.4) is 0 Å². The van der Waals surface area contributed by atoms with E-state index in [1.54, 1.807) is 24.8 Å². The van der Waals surface area contributed by atoms with Crippen molar-refractivity contribution < 1.29 is 0 Å². The summed E-state index contributed by atoms with van der Waals surface area (Å²) in [5, 5.41) is 3.19. The molecule has 3 rings (SSSR count). The zero-order chi connectivity index (χ0) is 11.7. The summed E-state index contributed by atoms with van der Waals surface area (Å²) in [4.78, 5) is 16.8. The molecule has 0 unspecified atom stereocenters. The summed E-state index contributed by atoms with van der Waals surface area (Å²) < 4.78 is 0.875. The summed E-state index contributed by atoms with van der Waals surface area (Å²) in [6.07, 6.45) is 6.44. The molecule has 0 atom stereocenters. The zero-order valence-electron chi connectivity index (χ0n) is 8.71. The second-order valence-electron chi connectivity index (χ2n) is 3.47. The van der Waals surface area contributed by atoms with Gasteiger partial charge in [-0.05, 0) is 28.1 Å². The third kappa shape index (κ3) is 1.91. The molecule has 1 aliphatic heterocycles. The zero-order valence-corrected chi connectivity index (χ0v) is 10.3. The van der Waals surface area contributed by atoms with Crippen LogP contribution in [-0.4, -0.2) is 28.7 Å². The molecule has 1 N–H and O–H groups in total. The van der Waals surface area contributed by atoms with E-state index in [0.717, 1.165) is 21.2 Å². The summed E-state index contributed by atoms with van der Waals surface area (Å²) in [5.74, 6) is 0. The molecule has 0 amide bonds. The van der Waals surface area contributed by atoms with Crippen LogP contribution in [0.25, 0.3) is 11.0 Å². The quantitative estimate of drug-likeness (QED) is 0.922. The minimum atomic E-state index is -0.250. The Kier molecular flexibility index (Phi) is 2.56. The van der Waals surface area contributed by atoms with Crippen LogP contribution in [0, 0.1) is 0 Å². The van der Waals surface area contributed by atoms with Crippen molar-refractivity contribution in [2.45, 2.75) is 6.29 Å². The molecule has 2 heterocycles. The van der Waals surface area contributed by atoms with Crippen LogP contribution in [0.4, 0.5) is 5.69 Å². The highest BCUT2D eigenvalue weighted by Gasteiger charge is 2.11. The smallest absolute Gasteiger partial charge is 0.214 e. The van der Waals surface area contributed by atoms with Gasteiger partial charge in [0.1, 0.15) is 5.52 Å². The predicted molar refractivity (Wildman–Crippen MR) is 71.6 cm³/mol. The van der Waals surface area contributed by atoms with Crippen LogP contribution in [-0.2, 0) is 0 Å². The molecule has 0 bridgehead atoms. The van der Waals surface area contributed by atoms with Crippen molar-refractivity contribution in [1.82, 2.24) is 9.97 Å². The summed E-state index contributed by atoms with van der Waals surface area (Å²) in [5.41, 5.74) is 2.58. The van der Waals surface area contributed by atoms with Crippen molar-refractivity contribution in [3.05, 3.63) is 29.0 Å². The number of halogens is 1. The lowest BCUT2D eigenvalue weighted by Gasteiger charge is -2.11. The maximum atomic E-state index is 4.29. The number of aromatic nitrogens is 2. The summed E-state index contributed by atoms with van der Waals surface area (Å²) in [6, 6.07) is 3.85. The molecule has 17 heavy (non-hydrogen) atoms. The van der Waals surface area contributed by atoms with Crippen molar-refractivity contribution >= 4 is 45.1 Å². The van der Waals surface area contributed by atoms with E-state index in [2.05, 4.69) is 41.2 Å². The molecule has 0 fully saturated rings. The van der Waals surface area contributed by atoms with Gasteiger partial charge in [0.2, 0.25) is 6.29 Å². The van der Waals surface area contributed by atoms with E-state index in [1.165, 1.54) is 0 Å². The van der Waals surface area contributed by atoms with Gasteiger partial charge in [-0.15, -0.1) is 0 Å². The Bertz CT molecular complexity index is 610. The molecule has 0 aliphatic carbocycles. The van der Waals surface area contributed by atoms with Crippen molar-refractivity contribution in [2.24, 2.45) is 9.98 Å². The van der Waals surface area contributed by atoms with Crippen LogP contribution < -0.4 is 5.32 Å². The van der Waals surface area contributed by atoms with Gasteiger partial charge < -0.3 is 5.32 Å². The third-order valence-electron chi connectivity index (χ3n) is 2.38. The number of fused-ring (bicyclic) bond motifs is 1. The van der Waals surface area contributed by atoms with Crippen LogP contribution in [0.5, 0.6) is 0 Å². The maximum Gasteiger partial charge on any atom is 0.214 e. The Morgan fingerprint density at radius 3 is 2.65 bits per heavy atom. The summed E-state index contributed by atoms with van der Waals surface area (Å²) >= 11 is 3.52. The van der Waals surface area contributed by atoms with Gasteiger partial charge in [0.05, 0.1) is 15.7 Å². The van der Waals surface area contributed by atoms with Gasteiger partial charge in [-0.3, -0.25) is 9.97 Å². The molecule has 5 nitrogen and oxygen atoms in total. The fraction of sp³-hybridized carbons (Fsp3) is 0.0909. The first kappa shape index (κ1) is 10.3. The van der Waals surface area contributed by atoms with E-state index < -0.39 is 0 Å². The fourth-order valence-electron chi connectivity index (χ4n) is 1.61. The molecular formula is C11H8BrN5. The Hall–Kier alpha value is -1.82. The second kappa shape index (κ2) is 4.21. The molecule has 84 valence electrons. The Labute approximate surface area is 106 Å². The first-order valence-corrected chi connectivity index (χ1v) is 5.84. The fourth-order valence-corrected chi connectivity index (χ4v) is 2.16. The van der Waals surface area contributed by atoms with Crippen molar-refractivity contribution in [1.29, 1.82) is 0 Å². The first-order valence-electron chi connectivity index (χ1n) is 5.05. The minimum Gasteiger partial charge on any atom is -0.344 e. The number of hydrogen-bond acceptors (Lipinski definition) is 5. The van der Waals surface area contributed by atoms with Gasteiger partial charge in [-0.1, -0.05) is 0 Å². The average molecular weight is 290 g/mol. The van der Waals surface area contributed by atoms with Gasteiger partial charge in [-0.2, -0.15) is 0 Å². The molecule has 1 aromatic carbocycles. The highest BCUT2D eigenvalue weighted by molar-refractivity contribution is 9.10. The van der Waals surface area contributed by atoms with Crippen molar-refractivity contribution in [3.8, 4) is 0 Å². The second-order valence-corrected chi connectivity index (χ2v) is 4.26. The van der Waals surface area contributed by atoms with Gasteiger partial charge in [-0.25, -0.2) is 9.98 Å². The predicted octanol–water partition coefficient (Wildman–Crippen LogP) is 2.24. The topological polar surface area (TPSA) is 62.5 Å². The number of aliphatic imine (C=N–C) groups is 2. The van der Waals surface area contributed by atoms with Crippen LogP contribution in [0.2, 0.25) is 0 Å². The lowest BCUT2D eigenvalue weighted by Crippen LogP contribution is -2.12. The normalized spacial score (nSPS) is 14.6. The highest BCUT2D eigenvalue weighted by Crippen LogP contribution is 2.29. The molecule has 6 heteroatoms. The third-order valence-corrected chi connectivity index (χ3v) is 3.19. The van der Waals surface area contributed by atoms with E-state index in [0.29, 0.717) is 0 Å². The van der Waals surface area contributed by atoms with Crippen molar-refractivity contribution in [3.63, 3.8) is 0 Å². The van der Waals surface area contributed by atoms with Gasteiger partial charge in [0.15, 0.2) is 0 Å². The van der Waals surface area contributed by atoms with E-state index in [4.69, 9.17) is 0 Å². The molecule has 0 spiro atoms. The molecule has 0 saturated carbocycles. The van der Waals surface area contributed by atoms with Crippen LogP contribution >= 0.6 is 15.9 Å². The molecule has 0 radical (unpaired) electrons. The number of benzene rings is 1. The van der Waals surface area contributed by atoms with E-state index in [9.17, 15) is 0 Å². The van der Waals surface area contributed by atoms with Crippen LogP contribution in [0.1, 0.15) is 0 Å². The number of hydrogen-bond donors (Lipinski definition) is 1. The monoisotopic (exact) mass is 289 g/mol. The van der Waals surface area contributed by atoms with Gasteiger partial charge in [0.25, 0.3) is 0 Å². The Morgan fingerprint density at radius 1 is 1.06 bits per heavy atom. The average Bonchev–Trinajstić information content (AvgIpc) is 2.86. The molecule has 0 saturated heterocycles. The van der Waals surface area contributed by atoms with Crippen molar-refractivity contribution in [2.75, 3.05) is 5.32 Å². The highest BCUT2D eigenvalue weighted by atomic mass is 79.9. The molecule has 2 aromatic rings. The maximum absolute atomic E-state index is 4.29. The first-order chi connectivity index (χ1) is 8.34. The Balaban J connectivity index is 2.02. The standard InChI is InChI=1S/C11H8BrN5/c12-9-7(17-11-15-5-6-16-11)1-2-8-10(9)14-4-3-13-8/h1-6,11,17H. The Morgan fingerprint density at radius 2 is 1.82 bits per heavy atom. The lowest BCUT2D eigenvalue weighted by molar-refractivity contribution is 0.835. The van der Waals surface area contributed by atoms with E-state index in [-0.39, 0.29) is 6.29 Å². The molecular weight excluding hydrogens is 282 g/mol. The molecule has 1 aliphatic rings. The summed E-state index contributed by atoms with van der Waals surface area (Å²) in [7, 11) is 0.